The quantitative estimate of drug-likeness (QED) is 0.417. The minimum Gasteiger partial charge on any atom is -0.253 e. The van der Waals surface area contributed by atoms with Crippen LogP contribution in [0.4, 0.5) is 0 Å². The summed E-state index contributed by atoms with van der Waals surface area (Å²) in [4.78, 5) is 9.70. The lowest BCUT2D eigenvalue weighted by molar-refractivity contribution is 0.371. The van der Waals surface area contributed by atoms with Crippen molar-refractivity contribution in [3.05, 3.63) is 35.7 Å². The maximum absolute atomic E-state index is 4.92. The zero-order valence-corrected chi connectivity index (χ0v) is 17.9. The van der Waals surface area contributed by atoms with Crippen molar-refractivity contribution < 1.29 is 0 Å². The van der Waals surface area contributed by atoms with Gasteiger partial charge in [-0.3, -0.25) is 4.98 Å². The molecule has 0 bridgehead atoms. The van der Waals surface area contributed by atoms with Gasteiger partial charge < -0.3 is 0 Å². The molecule has 0 radical (unpaired) electrons. The minimum atomic E-state index is 0.0790. The summed E-state index contributed by atoms with van der Waals surface area (Å²) in [6, 6.07) is 6.80. The number of benzene rings is 1. The fraction of sp³-hybridized carbons (Fsp3) is 0.667. The van der Waals surface area contributed by atoms with Crippen LogP contribution in [0.1, 0.15) is 104 Å². The first kappa shape index (κ1) is 20.9. The summed E-state index contributed by atoms with van der Waals surface area (Å²) in [5, 5.41) is 0. The summed E-state index contributed by atoms with van der Waals surface area (Å²) in [7, 11) is 0. The molecule has 0 spiro atoms. The molecule has 2 nitrogen and oxygen atoms in total. The van der Waals surface area contributed by atoms with Gasteiger partial charge in [-0.05, 0) is 42.4 Å². The maximum Gasteiger partial charge on any atom is 0.0890 e. The standard InChI is InChI=1S/C24H38N2/c1-7-10-12-16-24(6,15-11-8-2)19-13-14-20-21(17-19)25-18-22(26-20)23(4,5)9-3/h13-14,17-18H,7-12,15-16H2,1-6H3. The number of fused-ring (bicyclic) bond motifs is 1. The first-order valence-electron chi connectivity index (χ1n) is 10.6. The van der Waals surface area contributed by atoms with Gasteiger partial charge in [0.2, 0.25) is 0 Å². The summed E-state index contributed by atoms with van der Waals surface area (Å²) in [5.41, 5.74) is 4.93. The molecule has 0 saturated heterocycles. The van der Waals surface area contributed by atoms with Gasteiger partial charge in [-0.1, -0.05) is 79.7 Å². The van der Waals surface area contributed by atoms with E-state index in [9.17, 15) is 0 Å². The first-order valence-corrected chi connectivity index (χ1v) is 10.6. The van der Waals surface area contributed by atoms with Crippen LogP contribution in [0, 0.1) is 0 Å². The molecular formula is C24H38N2. The molecule has 1 aromatic heterocycles. The summed E-state index contributed by atoms with van der Waals surface area (Å²) in [5.74, 6) is 0. The van der Waals surface area contributed by atoms with Crippen LogP contribution in [0.5, 0.6) is 0 Å². The van der Waals surface area contributed by atoms with Gasteiger partial charge in [0, 0.05) is 11.6 Å². The number of aromatic nitrogens is 2. The highest BCUT2D eigenvalue weighted by atomic mass is 14.8. The van der Waals surface area contributed by atoms with Crippen LogP contribution >= 0.6 is 0 Å². The Morgan fingerprint density at radius 2 is 1.54 bits per heavy atom. The van der Waals surface area contributed by atoms with Gasteiger partial charge in [0.15, 0.2) is 0 Å². The van der Waals surface area contributed by atoms with Gasteiger partial charge in [0.25, 0.3) is 0 Å². The molecule has 0 N–H and O–H groups in total. The number of nitrogens with zero attached hydrogens (tertiary/aromatic N) is 2. The van der Waals surface area contributed by atoms with Gasteiger partial charge in [-0.25, -0.2) is 4.98 Å². The fourth-order valence-electron chi connectivity index (χ4n) is 3.64. The highest BCUT2D eigenvalue weighted by Gasteiger charge is 2.26. The van der Waals surface area contributed by atoms with E-state index in [0.29, 0.717) is 0 Å². The summed E-state index contributed by atoms with van der Waals surface area (Å²) >= 11 is 0. The lowest BCUT2D eigenvalue weighted by Gasteiger charge is -2.31. The average molecular weight is 355 g/mol. The average Bonchev–Trinajstić information content (AvgIpc) is 2.65. The van der Waals surface area contributed by atoms with Crippen LogP contribution in [0.2, 0.25) is 0 Å². The zero-order chi connectivity index (χ0) is 19.2. The van der Waals surface area contributed by atoms with E-state index >= 15 is 0 Å². The lowest BCUT2D eigenvalue weighted by Crippen LogP contribution is -2.22. The predicted molar refractivity (Wildman–Crippen MR) is 114 cm³/mol. The third kappa shape index (κ3) is 4.84. The lowest BCUT2D eigenvalue weighted by atomic mass is 9.74. The zero-order valence-electron chi connectivity index (χ0n) is 17.9. The van der Waals surface area contributed by atoms with E-state index in [1.807, 2.05) is 6.20 Å². The first-order chi connectivity index (χ1) is 12.4. The van der Waals surface area contributed by atoms with Crippen LogP contribution in [0.25, 0.3) is 11.0 Å². The highest BCUT2D eigenvalue weighted by Crippen LogP contribution is 2.36. The second-order valence-corrected chi connectivity index (χ2v) is 8.82. The van der Waals surface area contributed by atoms with Crippen molar-refractivity contribution >= 4 is 11.0 Å². The van der Waals surface area contributed by atoms with E-state index in [1.54, 1.807) is 0 Å². The molecule has 1 aromatic carbocycles. The molecule has 144 valence electrons. The van der Waals surface area contributed by atoms with Gasteiger partial charge >= 0.3 is 0 Å². The van der Waals surface area contributed by atoms with E-state index in [0.717, 1.165) is 23.1 Å². The molecule has 0 amide bonds. The second-order valence-electron chi connectivity index (χ2n) is 8.82. The van der Waals surface area contributed by atoms with E-state index in [-0.39, 0.29) is 10.8 Å². The van der Waals surface area contributed by atoms with E-state index in [1.165, 1.54) is 50.5 Å². The van der Waals surface area contributed by atoms with E-state index in [4.69, 9.17) is 9.97 Å². The third-order valence-electron chi connectivity index (χ3n) is 6.23. The topological polar surface area (TPSA) is 25.8 Å². The Balaban J connectivity index is 2.36. The van der Waals surface area contributed by atoms with Crippen molar-refractivity contribution in [2.75, 3.05) is 0 Å². The SMILES string of the molecule is CCCCCC(C)(CCCC)c1ccc2nc(C(C)(C)CC)cnc2c1. The Kier molecular flexibility index (Phi) is 7.20. The Morgan fingerprint density at radius 3 is 2.19 bits per heavy atom. The molecule has 0 aliphatic carbocycles. The third-order valence-corrected chi connectivity index (χ3v) is 6.23. The van der Waals surface area contributed by atoms with Crippen molar-refractivity contribution in [1.29, 1.82) is 0 Å². The number of hydrogen-bond donors (Lipinski definition) is 0. The largest absolute Gasteiger partial charge is 0.253 e. The van der Waals surface area contributed by atoms with Gasteiger partial charge in [0.05, 0.1) is 16.7 Å². The van der Waals surface area contributed by atoms with Crippen LogP contribution in [0.15, 0.2) is 24.4 Å². The predicted octanol–water partition coefficient (Wildman–Crippen LogP) is 7.35. The fourth-order valence-corrected chi connectivity index (χ4v) is 3.64. The molecule has 1 heterocycles. The summed E-state index contributed by atoms with van der Waals surface area (Å²) in [6.45, 7) is 13.7. The van der Waals surface area contributed by atoms with Crippen molar-refractivity contribution in [1.82, 2.24) is 9.97 Å². The number of hydrogen-bond acceptors (Lipinski definition) is 2. The van der Waals surface area contributed by atoms with Gasteiger partial charge in [-0.2, -0.15) is 0 Å². The Morgan fingerprint density at radius 1 is 0.846 bits per heavy atom. The maximum atomic E-state index is 4.92. The molecule has 2 aromatic rings. The molecule has 0 aliphatic rings. The van der Waals surface area contributed by atoms with Crippen molar-refractivity contribution in [3.63, 3.8) is 0 Å². The monoisotopic (exact) mass is 354 g/mol. The van der Waals surface area contributed by atoms with Crippen LogP contribution in [-0.2, 0) is 10.8 Å². The van der Waals surface area contributed by atoms with Gasteiger partial charge in [0.1, 0.15) is 0 Å². The number of rotatable bonds is 10. The second kappa shape index (κ2) is 8.97. The summed E-state index contributed by atoms with van der Waals surface area (Å²) < 4.78 is 0. The van der Waals surface area contributed by atoms with Crippen LogP contribution in [0.3, 0.4) is 0 Å². The molecule has 1 atom stereocenters. The molecule has 0 aliphatic heterocycles. The van der Waals surface area contributed by atoms with Crippen LogP contribution in [-0.4, -0.2) is 9.97 Å². The molecule has 2 rings (SSSR count). The highest BCUT2D eigenvalue weighted by molar-refractivity contribution is 5.75. The molecule has 1 unspecified atom stereocenters. The molecular weight excluding hydrogens is 316 g/mol. The van der Waals surface area contributed by atoms with Crippen molar-refractivity contribution in [2.45, 2.75) is 104 Å². The van der Waals surface area contributed by atoms with E-state index in [2.05, 4.69) is 59.7 Å². The minimum absolute atomic E-state index is 0.0790. The molecule has 0 saturated carbocycles. The van der Waals surface area contributed by atoms with Crippen LogP contribution < -0.4 is 0 Å². The Hall–Kier alpha value is -1.44. The summed E-state index contributed by atoms with van der Waals surface area (Å²) in [6.07, 6.45) is 12.0. The van der Waals surface area contributed by atoms with Crippen molar-refractivity contribution in [3.8, 4) is 0 Å². The molecule has 2 heteroatoms. The van der Waals surface area contributed by atoms with Gasteiger partial charge in [-0.15, -0.1) is 0 Å². The Labute approximate surface area is 160 Å². The van der Waals surface area contributed by atoms with E-state index < -0.39 is 0 Å². The molecule has 26 heavy (non-hydrogen) atoms. The Bertz CT molecular complexity index is 704. The number of unbranched alkanes of at least 4 members (excludes halogenated alkanes) is 3. The molecule has 0 fully saturated rings. The van der Waals surface area contributed by atoms with Crippen molar-refractivity contribution in [2.24, 2.45) is 0 Å². The normalized spacial score (nSPS) is 14.5. The smallest absolute Gasteiger partial charge is 0.0890 e.